The standard InChI is InChI=1S/C38H41Cl2N7O4/c1-23(48)47-15-12-26(13-16-47)42-18-24-7-9-31(44-36(24)50-2)28-11-14-41-35(34(28)40)29-6-4-5-27(33(29)39)30-10-8-25(37(45-30)51-3)19-46-21-38(22-46)17-32(49)43-20-38/h4-11,14,26,42H,12-13,15-22H2,1-3H3,(H,43,49). The van der Waals surface area contributed by atoms with E-state index in [4.69, 9.17) is 42.6 Å². The predicted octanol–water partition coefficient (Wildman–Crippen LogP) is 5.62. The molecule has 13 heteroatoms. The number of pyridine rings is 3. The van der Waals surface area contributed by atoms with Crippen molar-refractivity contribution in [2.45, 2.75) is 45.3 Å². The molecule has 2 amide bonds. The van der Waals surface area contributed by atoms with E-state index in [0.29, 0.717) is 75.6 Å². The van der Waals surface area contributed by atoms with Crippen molar-refractivity contribution in [3.05, 3.63) is 75.9 Å². The Morgan fingerprint density at radius 1 is 0.922 bits per heavy atom. The Kier molecular flexibility index (Phi) is 10.2. The van der Waals surface area contributed by atoms with Gasteiger partial charge in [0.05, 0.1) is 41.3 Å². The Bertz CT molecular complexity index is 1960. The van der Waals surface area contributed by atoms with Crippen molar-refractivity contribution in [3.8, 4) is 45.5 Å². The SMILES string of the molecule is COc1nc(-c2cccc(-c3nccc(-c4ccc(CNC5CCN(C(C)=O)CC5)c(OC)n4)c3Cl)c2Cl)ccc1CN1CC2(CNC(=O)C2)C1. The van der Waals surface area contributed by atoms with Crippen LogP contribution in [0, 0.1) is 5.41 Å². The van der Waals surface area contributed by atoms with E-state index in [9.17, 15) is 9.59 Å². The number of aromatic nitrogens is 3. The fourth-order valence-electron chi connectivity index (χ4n) is 7.47. The minimum absolute atomic E-state index is 0.0538. The Hall–Kier alpha value is -4.29. The molecule has 0 aliphatic carbocycles. The van der Waals surface area contributed by atoms with Gasteiger partial charge in [-0.05, 0) is 31.0 Å². The molecule has 0 bridgehead atoms. The van der Waals surface area contributed by atoms with Crippen molar-refractivity contribution >= 4 is 35.0 Å². The van der Waals surface area contributed by atoms with Crippen LogP contribution in [0.3, 0.4) is 0 Å². The summed E-state index contributed by atoms with van der Waals surface area (Å²) in [6, 6.07) is 15.8. The average Bonchev–Trinajstić information content (AvgIpc) is 3.52. The molecule has 3 saturated heterocycles. The summed E-state index contributed by atoms with van der Waals surface area (Å²) in [5, 5.41) is 7.44. The quantitative estimate of drug-likeness (QED) is 0.214. The largest absolute Gasteiger partial charge is 0.481 e. The number of amides is 2. The molecule has 3 aliphatic rings. The monoisotopic (exact) mass is 729 g/mol. The number of methoxy groups -OCH3 is 2. The van der Waals surface area contributed by atoms with Crippen LogP contribution in [0.4, 0.5) is 0 Å². The Morgan fingerprint density at radius 2 is 1.57 bits per heavy atom. The number of nitrogens with zero attached hydrogens (tertiary/aromatic N) is 5. The highest BCUT2D eigenvalue weighted by Crippen LogP contribution is 2.42. The van der Waals surface area contributed by atoms with E-state index in [1.807, 2.05) is 53.4 Å². The zero-order chi connectivity index (χ0) is 35.7. The summed E-state index contributed by atoms with van der Waals surface area (Å²) in [7, 11) is 3.23. The zero-order valence-corrected chi connectivity index (χ0v) is 30.5. The van der Waals surface area contributed by atoms with Crippen molar-refractivity contribution in [2.24, 2.45) is 5.41 Å². The highest BCUT2D eigenvalue weighted by molar-refractivity contribution is 6.39. The molecule has 0 unspecified atom stereocenters. The molecule has 7 rings (SSSR count). The lowest BCUT2D eigenvalue weighted by molar-refractivity contribution is -0.130. The van der Waals surface area contributed by atoms with Crippen LogP contribution in [-0.2, 0) is 22.7 Å². The molecule has 0 atom stereocenters. The normalized spacial score (nSPS) is 17.4. The molecule has 1 spiro atoms. The molecule has 4 aromatic rings. The van der Waals surface area contributed by atoms with Gasteiger partial charge < -0.3 is 25.0 Å². The van der Waals surface area contributed by atoms with Gasteiger partial charge in [-0.2, -0.15) is 0 Å². The van der Waals surface area contributed by atoms with Crippen LogP contribution in [0.5, 0.6) is 11.8 Å². The summed E-state index contributed by atoms with van der Waals surface area (Å²) >= 11 is 14.2. The highest BCUT2D eigenvalue weighted by atomic mass is 35.5. The number of carbonyl (C=O) groups is 2. The topological polar surface area (TPSA) is 122 Å². The molecule has 2 N–H and O–H groups in total. The number of ether oxygens (including phenoxy) is 2. The maximum Gasteiger partial charge on any atom is 0.220 e. The van der Waals surface area contributed by atoms with Crippen LogP contribution >= 0.6 is 23.2 Å². The fraction of sp³-hybridized carbons (Fsp3) is 0.395. The van der Waals surface area contributed by atoms with Crippen LogP contribution < -0.4 is 20.1 Å². The van der Waals surface area contributed by atoms with Gasteiger partial charge in [0, 0.05) is 105 Å². The number of carbonyl (C=O) groups excluding carboxylic acids is 2. The van der Waals surface area contributed by atoms with Gasteiger partial charge in [0.25, 0.3) is 0 Å². The Balaban J connectivity index is 1.08. The van der Waals surface area contributed by atoms with Crippen LogP contribution in [0.1, 0.15) is 37.3 Å². The number of benzene rings is 1. The third-order valence-corrected chi connectivity index (χ3v) is 11.0. The molecule has 0 saturated carbocycles. The van der Waals surface area contributed by atoms with E-state index in [1.54, 1.807) is 27.3 Å². The van der Waals surface area contributed by atoms with Gasteiger partial charge >= 0.3 is 0 Å². The molecule has 6 heterocycles. The molecular weight excluding hydrogens is 689 g/mol. The van der Waals surface area contributed by atoms with Gasteiger partial charge in [-0.25, -0.2) is 9.97 Å². The van der Waals surface area contributed by atoms with E-state index in [0.717, 1.165) is 62.3 Å². The number of nitrogens with one attached hydrogen (secondary N) is 2. The van der Waals surface area contributed by atoms with Crippen molar-refractivity contribution < 1.29 is 19.1 Å². The lowest BCUT2D eigenvalue weighted by atomic mass is 9.79. The maximum atomic E-state index is 11.7. The van der Waals surface area contributed by atoms with E-state index < -0.39 is 0 Å². The average molecular weight is 731 g/mol. The summed E-state index contributed by atoms with van der Waals surface area (Å²) in [4.78, 5) is 41.9. The zero-order valence-electron chi connectivity index (χ0n) is 29.0. The molecule has 51 heavy (non-hydrogen) atoms. The third kappa shape index (κ3) is 7.26. The minimum atomic E-state index is 0.0538. The first kappa shape index (κ1) is 35.1. The van der Waals surface area contributed by atoms with E-state index in [1.165, 1.54) is 0 Å². The lowest BCUT2D eigenvalue weighted by Gasteiger charge is -2.47. The summed E-state index contributed by atoms with van der Waals surface area (Å²) in [5.41, 5.74) is 5.89. The van der Waals surface area contributed by atoms with E-state index in [2.05, 4.69) is 20.5 Å². The van der Waals surface area contributed by atoms with Crippen LogP contribution in [0.2, 0.25) is 10.0 Å². The lowest BCUT2D eigenvalue weighted by Crippen LogP contribution is -2.56. The van der Waals surface area contributed by atoms with E-state index >= 15 is 0 Å². The molecule has 11 nitrogen and oxygen atoms in total. The second-order valence-electron chi connectivity index (χ2n) is 13.7. The summed E-state index contributed by atoms with van der Waals surface area (Å²) < 4.78 is 11.4. The van der Waals surface area contributed by atoms with Gasteiger partial charge in [-0.15, -0.1) is 0 Å². The Labute approximate surface area is 307 Å². The number of rotatable bonds is 10. The number of likely N-dealkylation sites (tertiary alicyclic amines) is 2. The smallest absolute Gasteiger partial charge is 0.220 e. The second kappa shape index (κ2) is 14.7. The molecule has 0 radical (unpaired) electrons. The van der Waals surface area contributed by atoms with Gasteiger partial charge in [0.15, 0.2) is 0 Å². The first-order valence-electron chi connectivity index (χ1n) is 17.2. The third-order valence-electron chi connectivity index (χ3n) is 10.2. The first-order valence-corrected chi connectivity index (χ1v) is 17.9. The minimum Gasteiger partial charge on any atom is -0.481 e. The number of hydrogen-bond acceptors (Lipinski definition) is 9. The van der Waals surface area contributed by atoms with Gasteiger partial charge in [-0.3, -0.25) is 19.5 Å². The van der Waals surface area contributed by atoms with Crippen molar-refractivity contribution in [1.29, 1.82) is 0 Å². The molecule has 3 aliphatic heterocycles. The van der Waals surface area contributed by atoms with Crippen molar-refractivity contribution in [3.63, 3.8) is 0 Å². The molecule has 266 valence electrons. The fourth-order valence-corrected chi connectivity index (χ4v) is 8.09. The highest BCUT2D eigenvalue weighted by Gasteiger charge is 2.48. The Morgan fingerprint density at radius 3 is 2.22 bits per heavy atom. The number of hydrogen-bond donors (Lipinski definition) is 2. The summed E-state index contributed by atoms with van der Waals surface area (Å²) in [5.74, 6) is 1.31. The van der Waals surface area contributed by atoms with Crippen molar-refractivity contribution in [1.82, 2.24) is 35.4 Å². The van der Waals surface area contributed by atoms with Crippen molar-refractivity contribution in [2.75, 3.05) is 46.9 Å². The first-order chi connectivity index (χ1) is 24.7. The van der Waals surface area contributed by atoms with Gasteiger partial charge in [-0.1, -0.05) is 53.5 Å². The van der Waals surface area contributed by atoms with Crippen LogP contribution in [-0.4, -0.2) is 89.6 Å². The molecule has 3 aromatic heterocycles. The number of halogens is 2. The van der Waals surface area contributed by atoms with Crippen LogP contribution in [0.25, 0.3) is 33.8 Å². The molecule has 1 aromatic carbocycles. The maximum absolute atomic E-state index is 11.7. The molecule has 3 fully saturated rings. The van der Waals surface area contributed by atoms with Crippen LogP contribution in [0.15, 0.2) is 54.7 Å². The summed E-state index contributed by atoms with van der Waals surface area (Å²) in [6.45, 7) is 6.90. The second-order valence-corrected chi connectivity index (χ2v) is 14.4. The number of piperidine rings is 1. The molecular formula is C38H41Cl2N7O4. The summed E-state index contributed by atoms with van der Waals surface area (Å²) in [6.07, 6.45) is 4.10. The van der Waals surface area contributed by atoms with E-state index in [-0.39, 0.29) is 17.2 Å². The predicted molar refractivity (Wildman–Crippen MR) is 197 cm³/mol. The van der Waals surface area contributed by atoms with Gasteiger partial charge in [0.2, 0.25) is 23.6 Å². The van der Waals surface area contributed by atoms with Gasteiger partial charge in [0.1, 0.15) is 0 Å².